The first-order valence-electron chi connectivity index (χ1n) is 8.39. The van der Waals surface area contributed by atoms with Gasteiger partial charge in [0.25, 0.3) is 5.91 Å². The fourth-order valence-electron chi connectivity index (χ4n) is 3.43. The van der Waals surface area contributed by atoms with Crippen LogP contribution in [0.2, 0.25) is 0 Å². The molecule has 0 saturated carbocycles. The van der Waals surface area contributed by atoms with Crippen LogP contribution in [0.4, 0.5) is 5.69 Å². The van der Waals surface area contributed by atoms with Crippen molar-refractivity contribution >= 4 is 17.4 Å². The van der Waals surface area contributed by atoms with Crippen molar-refractivity contribution in [2.45, 2.75) is 39.2 Å². The van der Waals surface area contributed by atoms with Gasteiger partial charge in [-0.3, -0.25) is 9.69 Å². The maximum Gasteiger partial charge on any atom is 0.298 e. The molecule has 0 bridgehead atoms. The molecule has 0 fully saturated rings. The highest BCUT2D eigenvalue weighted by Gasteiger charge is 2.42. The van der Waals surface area contributed by atoms with Crippen LogP contribution < -0.4 is 10.2 Å². The Morgan fingerprint density at radius 3 is 2.71 bits per heavy atom. The van der Waals surface area contributed by atoms with Crippen molar-refractivity contribution < 1.29 is 4.79 Å². The van der Waals surface area contributed by atoms with Crippen molar-refractivity contribution in [3.63, 3.8) is 0 Å². The molecule has 4 rings (SSSR count). The second-order valence-corrected chi connectivity index (χ2v) is 7.23. The summed E-state index contributed by atoms with van der Waals surface area (Å²) in [5, 5.41) is 3.62. The molecule has 1 aromatic rings. The number of hydrogen-bond donors (Lipinski definition) is 1. The summed E-state index contributed by atoms with van der Waals surface area (Å²) in [5.41, 5.74) is 3.12. The Labute approximate surface area is 142 Å². The van der Waals surface area contributed by atoms with Crippen LogP contribution in [0.3, 0.4) is 0 Å². The van der Waals surface area contributed by atoms with Gasteiger partial charge in [0.2, 0.25) is 5.84 Å². The number of anilines is 1. The lowest BCUT2D eigenvalue weighted by atomic mass is 9.91. The Bertz CT molecular complexity index is 786. The topological polar surface area (TPSA) is 47.9 Å². The van der Waals surface area contributed by atoms with Crippen LogP contribution in [-0.2, 0) is 4.79 Å². The van der Waals surface area contributed by atoms with Gasteiger partial charge in [-0.15, -0.1) is 0 Å². The van der Waals surface area contributed by atoms with E-state index >= 15 is 0 Å². The van der Waals surface area contributed by atoms with Crippen molar-refractivity contribution in [1.82, 2.24) is 10.2 Å². The van der Waals surface area contributed by atoms with Crippen LogP contribution in [-0.4, -0.2) is 28.7 Å². The van der Waals surface area contributed by atoms with Crippen LogP contribution in [0.25, 0.3) is 0 Å². The van der Waals surface area contributed by atoms with Crippen LogP contribution in [0, 0.1) is 6.92 Å². The van der Waals surface area contributed by atoms with E-state index in [4.69, 9.17) is 0 Å². The largest absolute Gasteiger partial charge is 0.365 e. The van der Waals surface area contributed by atoms with Gasteiger partial charge in [-0.1, -0.05) is 17.7 Å². The summed E-state index contributed by atoms with van der Waals surface area (Å²) < 4.78 is 0. The molecular weight excluding hydrogens is 300 g/mol. The Morgan fingerprint density at radius 2 is 1.96 bits per heavy atom. The van der Waals surface area contributed by atoms with Crippen molar-refractivity contribution in [3.8, 4) is 0 Å². The maximum absolute atomic E-state index is 13.1. The molecule has 1 N–H and O–H groups in total. The molecule has 5 heteroatoms. The summed E-state index contributed by atoms with van der Waals surface area (Å²) in [6.07, 6.45) is 5.54. The Balaban J connectivity index is 1.87. The van der Waals surface area contributed by atoms with Gasteiger partial charge in [0.05, 0.1) is 5.70 Å². The molecule has 0 unspecified atom stereocenters. The number of aryl methyl sites for hydroxylation is 1. The zero-order valence-electron chi connectivity index (χ0n) is 14.3. The molecular formula is C19H22N4O. The van der Waals surface area contributed by atoms with E-state index in [2.05, 4.69) is 31.1 Å². The van der Waals surface area contributed by atoms with Gasteiger partial charge in [0, 0.05) is 24.0 Å². The van der Waals surface area contributed by atoms with Gasteiger partial charge >= 0.3 is 0 Å². The summed E-state index contributed by atoms with van der Waals surface area (Å²) in [6.45, 7) is 7.11. The molecule has 1 amide bonds. The van der Waals surface area contributed by atoms with Gasteiger partial charge in [0.1, 0.15) is 5.82 Å². The van der Waals surface area contributed by atoms with Crippen molar-refractivity contribution in [2.75, 3.05) is 11.4 Å². The van der Waals surface area contributed by atoms with Gasteiger partial charge in [-0.05, 0) is 51.8 Å². The zero-order valence-corrected chi connectivity index (χ0v) is 14.3. The number of carbonyl (C=O) groups excluding carboxylic acids is 1. The number of rotatable bonds is 1. The lowest BCUT2D eigenvalue weighted by Crippen LogP contribution is -2.59. The van der Waals surface area contributed by atoms with E-state index in [9.17, 15) is 4.79 Å². The number of aliphatic imine (C=N–C) groups is 1. The highest BCUT2D eigenvalue weighted by molar-refractivity contribution is 6.44. The number of hydrogen-bond acceptors (Lipinski definition) is 4. The molecule has 124 valence electrons. The highest BCUT2D eigenvalue weighted by atomic mass is 16.2. The predicted molar refractivity (Wildman–Crippen MR) is 95.4 cm³/mol. The Hall–Kier alpha value is -2.56. The average Bonchev–Trinajstić information content (AvgIpc) is 2.57. The van der Waals surface area contributed by atoms with Crippen LogP contribution in [0.1, 0.15) is 32.3 Å². The third-order valence-corrected chi connectivity index (χ3v) is 4.79. The minimum atomic E-state index is -0.0524. The van der Waals surface area contributed by atoms with Crippen molar-refractivity contribution in [3.05, 3.63) is 53.6 Å². The number of allylic oxidation sites excluding steroid dienone is 1. The van der Waals surface area contributed by atoms with Crippen LogP contribution >= 0.6 is 0 Å². The molecule has 3 heterocycles. The van der Waals surface area contributed by atoms with Gasteiger partial charge in [-0.25, -0.2) is 4.99 Å². The van der Waals surface area contributed by atoms with E-state index < -0.39 is 0 Å². The predicted octanol–water partition coefficient (Wildman–Crippen LogP) is 2.90. The number of benzene rings is 1. The fourth-order valence-corrected chi connectivity index (χ4v) is 3.43. The lowest BCUT2D eigenvalue weighted by molar-refractivity contribution is -0.113. The first-order chi connectivity index (χ1) is 11.5. The third-order valence-electron chi connectivity index (χ3n) is 4.79. The molecule has 0 atom stereocenters. The minimum absolute atomic E-state index is 0.00440. The molecule has 5 nitrogen and oxygen atoms in total. The SMILES string of the molecule is Cc1ccc(N2C(=O)C3=NC=CCN3C3=C2CCC(C)(C)N3)cc1. The van der Waals surface area contributed by atoms with E-state index in [-0.39, 0.29) is 11.4 Å². The summed E-state index contributed by atoms with van der Waals surface area (Å²) in [7, 11) is 0. The smallest absolute Gasteiger partial charge is 0.298 e. The molecule has 0 spiro atoms. The summed E-state index contributed by atoms with van der Waals surface area (Å²) in [5.74, 6) is 1.44. The van der Waals surface area contributed by atoms with E-state index in [1.54, 1.807) is 6.20 Å². The number of nitrogens with one attached hydrogen (secondary N) is 1. The van der Waals surface area contributed by atoms with Crippen LogP contribution in [0.15, 0.2) is 53.1 Å². The van der Waals surface area contributed by atoms with Gasteiger partial charge in [0.15, 0.2) is 0 Å². The Kier molecular flexibility index (Phi) is 3.27. The monoisotopic (exact) mass is 322 g/mol. The molecule has 3 aliphatic heterocycles. The minimum Gasteiger partial charge on any atom is -0.365 e. The first kappa shape index (κ1) is 15.0. The number of carbonyl (C=O) groups is 1. The number of amidine groups is 1. The number of nitrogens with zero attached hydrogens (tertiary/aromatic N) is 3. The summed E-state index contributed by atoms with van der Waals surface area (Å²) >= 11 is 0. The third kappa shape index (κ3) is 2.31. The molecule has 0 saturated heterocycles. The molecule has 3 aliphatic rings. The van der Waals surface area contributed by atoms with Gasteiger partial charge < -0.3 is 10.2 Å². The van der Waals surface area contributed by atoms with Crippen LogP contribution in [0.5, 0.6) is 0 Å². The normalized spacial score (nSPS) is 22.0. The molecule has 0 radical (unpaired) electrons. The maximum atomic E-state index is 13.1. The Morgan fingerprint density at radius 1 is 1.21 bits per heavy atom. The molecule has 24 heavy (non-hydrogen) atoms. The number of fused-ring (bicyclic) bond motifs is 2. The van der Waals surface area contributed by atoms with E-state index in [1.165, 1.54) is 5.56 Å². The van der Waals surface area contributed by atoms with E-state index in [0.717, 1.165) is 30.0 Å². The molecule has 0 aromatic heterocycles. The van der Waals surface area contributed by atoms with Gasteiger partial charge in [-0.2, -0.15) is 0 Å². The lowest BCUT2D eigenvalue weighted by Gasteiger charge is -2.46. The summed E-state index contributed by atoms with van der Waals surface area (Å²) in [6, 6.07) is 8.09. The first-order valence-corrected chi connectivity index (χ1v) is 8.39. The molecule has 0 aliphatic carbocycles. The standard InChI is InChI=1S/C19H22N4O/c1-13-5-7-14(8-6-13)23-15-9-10-19(2,3)21-16(15)22-12-4-11-20-17(22)18(23)24/h4-8,11,21H,9-10,12H2,1-3H3. The van der Waals surface area contributed by atoms with E-state index in [0.29, 0.717) is 12.4 Å². The van der Waals surface area contributed by atoms with E-state index in [1.807, 2.05) is 40.1 Å². The van der Waals surface area contributed by atoms with Crippen molar-refractivity contribution in [1.29, 1.82) is 0 Å². The fraction of sp³-hybridized carbons (Fsp3) is 0.368. The average molecular weight is 322 g/mol. The van der Waals surface area contributed by atoms with Crippen molar-refractivity contribution in [2.24, 2.45) is 4.99 Å². The second-order valence-electron chi connectivity index (χ2n) is 7.23. The second kappa shape index (κ2) is 5.23. The molecule has 1 aromatic carbocycles. The highest BCUT2D eigenvalue weighted by Crippen LogP contribution is 2.36. The summed E-state index contributed by atoms with van der Waals surface area (Å²) in [4.78, 5) is 21.3. The quantitative estimate of drug-likeness (QED) is 0.865. The number of amides is 1. The zero-order chi connectivity index (χ0) is 16.9.